The molecule has 0 saturated carbocycles. The van der Waals surface area contributed by atoms with E-state index in [1.54, 1.807) is 31.5 Å². The van der Waals surface area contributed by atoms with E-state index in [0.717, 1.165) is 13.6 Å². The molecule has 0 atom stereocenters. The summed E-state index contributed by atoms with van der Waals surface area (Å²) in [5.74, 6) is 1.05. The third-order valence-electron chi connectivity index (χ3n) is 3.11. The minimum Gasteiger partial charge on any atom is -0.496 e. The lowest BCUT2D eigenvalue weighted by atomic mass is 10.2. The molecule has 0 aromatic heterocycles. The van der Waals surface area contributed by atoms with Crippen LogP contribution >= 0.6 is 38.5 Å². The van der Waals surface area contributed by atoms with Crippen LogP contribution in [-0.2, 0) is 0 Å². The molecule has 1 amide bonds. The number of methoxy groups -OCH3 is 1. The maximum atomic E-state index is 12.1. The zero-order valence-corrected chi connectivity index (χ0v) is 17.2. The molecular weight excluding hydrogens is 499 g/mol. The highest BCUT2D eigenvalue weighted by Gasteiger charge is 2.08. The van der Waals surface area contributed by atoms with Crippen LogP contribution in [0.1, 0.15) is 15.9 Å². The van der Waals surface area contributed by atoms with Gasteiger partial charge in [-0.1, -0.05) is 12.7 Å². The second kappa shape index (κ2) is 9.57. The average Bonchev–Trinajstić information content (AvgIpc) is 2.61. The number of nitrogens with one attached hydrogen (secondary N) is 1. The molecule has 0 aliphatic heterocycles. The van der Waals surface area contributed by atoms with Crippen LogP contribution in [0.15, 0.2) is 58.6 Å². The van der Waals surface area contributed by atoms with Crippen LogP contribution in [0.4, 0.5) is 0 Å². The van der Waals surface area contributed by atoms with Crippen molar-refractivity contribution in [2.75, 3.05) is 13.7 Å². The van der Waals surface area contributed by atoms with Gasteiger partial charge in [-0.2, -0.15) is 5.10 Å². The number of rotatable bonds is 7. The fourth-order valence-corrected chi connectivity index (χ4v) is 2.96. The summed E-state index contributed by atoms with van der Waals surface area (Å²) in [7, 11) is 1.57. The largest absolute Gasteiger partial charge is 0.496 e. The standard InChI is InChI=1S/C18H16BrIN2O3/c1-3-8-25-16-7-4-12(9-14(16)19)11-21-22-18(23)13-5-6-15(20)17(10-13)24-2/h3-7,9-11H,1,8H2,2H3,(H,22,23)/b21-11-. The van der Waals surface area contributed by atoms with Gasteiger partial charge in [0.1, 0.15) is 18.1 Å². The van der Waals surface area contributed by atoms with Crippen LogP contribution in [0.2, 0.25) is 0 Å². The Morgan fingerprint density at radius 2 is 2.12 bits per heavy atom. The number of hydrogen-bond acceptors (Lipinski definition) is 4. The van der Waals surface area contributed by atoms with Gasteiger partial charge in [0.05, 0.1) is 21.4 Å². The van der Waals surface area contributed by atoms with Crippen LogP contribution in [-0.4, -0.2) is 25.8 Å². The van der Waals surface area contributed by atoms with Gasteiger partial charge in [-0.15, -0.1) is 0 Å². The first-order valence-electron chi connectivity index (χ1n) is 7.25. The van der Waals surface area contributed by atoms with Crippen molar-refractivity contribution in [1.82, 2.24) is 5.43 Å². The fraction of sp³-hybridized carbons (Fsp3) is 0.111. The van der Waals surface area contributed by atoms with E-state index in [2.05, 4.69) is 55.6 Å². The molecule has 0 bridgehead atoms. The van der Waals surface area contributed by atoms with Crippen molar-refractivity contribution in [2.45, 2.75) is 0 Å². The Bertz CT molecular complexity index is 809. The van der Waals surface area contributed by atoms with E-state index in [4.69, 9.17) is 9.47 Å². The summed E-state index contributed by atoms with van der Waals surface area (Å²) in [4.78, 5) is 12.1. The van der Waals surface area contributed by atoms with Crippen molar-refractivity contribution in [3.63, 3.8) is 0 Å². The van der Waals surface area contributed by atoms with E-state index in [-0.39, 0.29) is 5.91 Å². The molecular formula is C18H16BrIN2O3. The Balaban J connectivity index is 2.01. The number of benzene rings is 2. The van der Waals surface area contributed by atoms with Crippen molar-refractivity contribution in [1.29, 1.82) is 0 Å². The average molecular weight is 515 g/mol. The topological polar surface area (TPSA) is 59.9 Å². The first-order valence-corrected chi connectivity index (χ1v) is 9.12. The molecule has 2 aromatic rings. The molecule has 2 aromatic carbocycles. The van der Waals surface area contributed by atoms with Crippen molar-refractivity contribution in [2.24, 2.45) is 5.10 Å². The van der Waals surface area contributed by atoms with Crippen molar-refractivity contribution < 1.29 is 14.3 Å². The van der Waals surface area contributed by atoms with E-state index in [9.17, 15) is 4.79 Å². The van der Waals surface area contributed by atoms with E-state index in [1.807, 2.05) is 24.3 Å². The molecule has 130 valence electrons. The van der Waals surface area contributed by atoms with Gasteiger partial charge in [0.25, 0.3) is 5.91 Å². The van der Waals surface area contributed by atoms with E-state index < -0.39 is 0 Å². The van der Waals surface area contributed by atoms with Gasteiger partial charge >= 0.3 is 0 Å². The third-order valence-corrected chi connectivity index (χ3v) is 4.62. The quantitative estimate of drug-likeness (QED) is 0.258. The lowest BCUT2D eigenvalue weighted by Gasteiger charge is -2.06. The van der Waals surface area contributed by atoms with Gasteiger partial charge in [-0.3, -0.25) is 4.79 Å². The number of hydrazone groups is 1. The SMILES string of the molecule is C=CCOc1ccc(/C=N\NC(=O)c2ccc(I)c(OC)c2)cc1Br. The van der Waals surface area contributed by atoms with E-state index in [1.165, 1.54) is 0 Å². The summed E-state index contributed by atoms with van der Waals surface area (Å²) in [6.45, 7) is 4.04. The molecule has 1 N–H and O–H groups in total. The second-order valence-electron chi connectivity index (χ2n) is 4.84. The molecule has 0 aliphatic rings. The lowest BCUT2D eigenvalue weighted by molar-refractivity contribution is 0.0954. The molecule has 5 nitrogen and oxygen atoms in total. The summed E-state index contributed by atoms with van der Waals surface area (Å²) in [6, 6.07) is 10.7. The fourth-order valence-electron chi connectivity index (χ4n) is 1.89. The summed E-state index contributed by atoms with van der Waals surface area (Å²) in [5.41, 5.74) is 3.79. The summed E-state index contributed by atoms with van der Waals surface area (Å²) < 4.78 is 12.4. The number of nitrogens with zero attached hydrogens (tertiary/aromatic N) is 1. The van der Waals surface area contributed by atoms with Gasteiger partial charge < -0.3 is 9.47 Å². The number of amides is 1. The van der Waals surface area contributed by atoms with Crippen LogP contribution in [0.5, 0.6) is 11.5 Å². The maximum absolute atomic E-state index is 12.1. The number of hydrogen-bond donors (Lipinski definition) is 1. The molecule has 0 fully saturated rings. The zero-order valence-electron chi connectivity index (χ0n) is 13.5. The number of ether oxygens (including phenoxy) is 2. The predicted molar refractivity (Wildman–Crippen MR) is 111 cm³/mol. The van der Waals surface area contributed by atoms with Crippen LogP contribution in [0.3, 0.4) is 0 Å². The van der Waals surface area contributed by atoms with Crippen LogP contribution in [0.25, 0.3) is 0 Å². The summed E-state index contributed by atoms with van der Waals surface area (Å²) >= 11 is 5.58. The van der Waals surface area contributed by atoms with Crippen molar-refractivity contribution in [3.05, 3.63) is 68.2 Å². The highest BCUT2D eigenvalue weighted by Crippen LogP contribution is 2.25. The molecule has 0 radical (unpaired) electrons. The number of carbonyl (C=O) groups excluding carboxylic acids is 1. The molecule has 7 heteroatoms. The van der Waals surface area contributed by atoms with Gasteiger partial charge in [0, 0.05) is 5.56 Å². The van der Waals surface area contributed by atoms with Gasteiger partial charge in [0.15, 0.2) is 0 Å². The summed E-state index contributed by atoms with van der Waals surface area (Å²) in [6.07, 6.45) is 3.24. The van der Waals surface area contributed by atoms with E-state index in [0.29, 0.717) is 23.7 Å². The Kier molecular flexibility index (Phi) is 7.45. The number of carbonyl (C=O) groups is 1. The first kappa shape index (κ1) is 19.5. The predicted octanol–water partition coefficient (Wildman–Crippen LogP) is 4.39. The highest BCUT2D eigenvalue weighted by molar-refractivity contribution is 14.1. The Morgan fingerprint density at radius 1 is 1.32 bits per heavy atom. The lowest BCUT2D eigenvalue weighted by Crippen LogP contribution is -2.17. The van der Waals surface area contributed by atoms with Gasteiger partial charge in [0.2, 0.25) is 0 Å². The molecule has 0 aliphatic carbocycles. The first-order chi connectivity index (χ1) is 12.0. The molecule has 2 rings (SSSR count). The molecule has 25 heavy (non-hydrogen) atoms. The molecule has 0 saturated heterocycles. The normalized spacial score (nSPS) is 10.5. The second-order valence-corrected chi connectivity index (χ2v) is 6.85. The minimum absolute atomic E-state index is 0.309. The minimum atomic E-state index is -0.309. The van der Waals surface area contributed by atoms with Crippen molar-refractivity contribution >= 4 is 50.6 Å². The molecule has 0 unspecified atom stereocenters. The molecule has 0 spiro atoms. The molecule has 0 heterocycles. The van der Waals surface area contributed by atoms with E-state index >= 15 is 0 Å². The van der Waals surface area contributed by atoms with Crippen LogP contribution < -0.4 is 14.9 Å². The summed E-state index contributed by atoms with van der Waals surface area (Å²) in [5, 5.41) is 3.98. The Hall–Kier alpha value is -1.87. The zero-order chi connectivity index (χ0) is 18.2. The monoisotopic (exact) mass is 514 g/mol. The van der Waals surface area contributed by atoms with Gasteiger partial charge in [-0.25, -0.2) is 5.43 Å². The van der Waals surface area contributed by atoms with Crippen molar-refractivity contribution in [3.8, 4) is 11.5 Å². The Morgan fingerprint density at radius 3 is 2.80 bits per heavy atom. The highest BCUT2D eigenvalue weighted by atomic mass is 127. The van der Waals surface area contributed by atoms with Crippen LogP contribution in [0, 0.1) is 3.57 Å². The smallest absolute Gasteiger partial charge is 0.271 e. The maximum Gasteiger partial charge on any atom is 0.271 e. The Labute approximate surface area is 168 Å². The number of halogens is 2. The van der Waals surface area contributed by atoms with Gasteiger partial charge in [-0.05, 0) is 80.5 Å². The third kappa shape index (κ3) is 5.57.